The molecule has 0 bridgehead atoms. The number of furan rings is 1. The lowest BCUT2D eigenvalue weighted by Crippen LogP contribution is -2.32. The molecule has 1 aliphatic heterocycles. The van der Waals surface area contributed by atoms with E-state index in [0.717, 1.165) is 0 Å². The zero-order valence-electron chi connectivity index (χ0n) is 12.9. The zero-order valence-corrected chi connectivity index (χ0v) is 13.7. The molecule has 1 saturated heterocycles. The van der Waals surface area contributed by atoms with E-state index >= 15 is 0 Å². The van der Waals surface area contributed by atoms with Crippen LogP contribution >= 0.6 is 0 Å². The lowest BCUT2D eigenvalue weighted by molar-refractivity contribution is 0.188. The summed E-state index contributed by atoms with van der Waals surface area (Å²) in [5, 5.41) is 9.97. The fraction of sp³-hybridized carbons (Fsp3) is 0.375. The maximum absolute atomic E-state index is 13.1. The molecule has 1 N–H and O–H groups in total. The van der Waals surface area contributed by atoms with E-state index in [2.05, 4.69) is 0 Å². The molecule has 7 heteroatoms. The number of benzene rings is 1. The first-order chi connectivity index (χ1) is 10.8. The highest BCUT2D eigenvalue weighted by Crippen LogP contribution is 2.38. The van der Waals surface area contributed by atoms with Crippen LogP contribution in [0.1, 0.15) is 29.5 Å². The first kappa shape index (κ1) is 16.2. The number of nitrogens with zero attached hydrogens (tertiary/aromatic N) is 1. The monoisotopic (exact) mass is 339 g/mol. The van der Waals surface area contributed by atoms with E-state index in [0.29, 0.717) is 17.1 Å². The Morgan fingerprint density at radius 1 is 1.26 bits per heavy atom. The van der Waals surface area contributed by atoms with E-state index < -0.39 is 22.2 Å². The molecule has 1 aromatic heterocycles. The lowest BCUT2D eigenvalue weighted by Gasteiger charge is -2.23. The molecule has 3 rings (SSSR count). The molecule has 1 fully saturated rings. The highest BCUT2D eigenvalue weighted by atomic mass is 32.2. The van der Waals surface area contributed by atoms with Gasteiger partial charge in [0.05, 0.1) is 12.1 Å². The van der Waals surface area contributed by atoms with Crippen LogP contribution in [0.25, 0.3) is 0 Å². The van der Waals surface area contributed by atoms with Crippen molar-refractivity contribution in [3.63, 3.8) is 0 Å². The predicted octanol–water partition coefficient (Wildman–Crippen LogP) is 2.53. The van der Waals surface area contributed by atoms with Crippen LogP contribution in [-0.4, -0.2) is 30.5 Å². The number of aliphatic hydroxyl groups excluding tert-OH is 1. The maximum Gasteiger partial charge on any atom is 0.247 e. The van der Waals surface area contributed by atoms with E-state index in [1.54, 1.807) is 26.0 Å². The van der Waals surface area contributed by atoms with Crippen LogP contribution in [0.3, 0.4) is 0 Å². The molecule has 1 aromatic carbocycles. The van der Waals surface area contributed by atoms with E-state index in [4.69, 9.17) is 4.42 Å². The number of aryl methyl sites for hydroxylation is 2. The summed E-state index contributed by atoms with van der Waals surface area (Å²) in [5.41, 5.74) is 0.657. The molecule has 5 nitrogen and oxygen atoms in total. The third-order valence-electron chi connectivity index (χ3n) is 4.07. The van der Waals surface area contributed by atoms with E-state index in [-0.39, 0.29) is 23.7 Å². The average molecular weight is 339 g/mol. The summed E-state index contributed by atoms with van der Waals surface area (Å²) in [6, 6.07) is 6.64. The number of hydrogen-bond donors (Lipinski definition) is 1. The van der Waals surface area contributed by atoms with Gasteiger partial charge < -0.3 is 9.52 Å². The Balaban J connectivity index is 2.02. The Morgan fingerprint density at radius 3 is 2.48 bits per heavy atom. The number of aliphatic hydroxyl groups is 1. The molecule has 124 valence electrons. The van der Waals surface area contributed by atoms with Crippen molar-refractivity contribution >= 4 is 10.0 Å². The van der Waals surface area contributed by atoms with Gasteiger partial charge in [-0.1, -0.05) is 12.1 Å². The molecule has 1 aliphatic rings. The first-order valence-electron chi connectivity index (χ1n) is 7.31. The number of rotatable bonds is 3. The summed E-state index contributed by atoms with van der Waals surface area (Å²) in [6.45, 7) is 3.29. The summed E-state index contributed by atoms with van der Waals surface area (Å²) in [7, 11) is -3.80. The lowest BCUT2D eigenvalue weighted by atomic mass is 10.0. The molecule has 0 aliphatic carbocycles. The molecule has 0 unspecified atom stereocenters. The van der Waals surface area contributed by atoms with Gasteiger partial charge in [-0.05, 0) is 44.0 Å². The second-order valence-corrected chi connectivity index (χ2v) is 7.67. The summed E-state index contributed by atoms with van der Waals surface area (Å²) >= 11 is 0. The van der Waals surface area contributed by atoms with Crippen LogP contribution in [-0.2, 0) is 10.0 Å². The van der Waals surface area contributed by atoms with Gasteiger partial charge in [0.1, 0.15) is 22.2 Å². The normalized spacial score (nSPS) is 22.6. The van der Waals surface area contributed by atoms with Gasteiger partial charge in [-0.15, -0.1) is 0 Å². The minimum absolute atomic E-state index is 0.00798. The molecule has 2 atom stereocenters. The van der Waals surface area contributed by atoms with Gasteiger partial charge in [-0.3, -0.25) is 0 Å². The molecule has 0 spiro atoms. The van der Waals surface area contributed by atoms with Gasteiger partial charge in [0, 0.05) is 6.54 Å². The van der Waals surface area contributed by atoms with Crippen LogP contribution < -0.4 is 0 Å². The smallest absolute Gasteiger partial charge is 0.247 e. The molecule has 2 heterocycles. The standard InChI is InChI=1S/C16H18FNO4S/c1-10-7-16(11(2)22-10)23(20,21)18-9-14(19)8-15(18)12-3-5-13(17)6-4-12/h3-7,14-15,19H,8-9H2,1-2H3/t14-,15+/m0/s1. The Labute approximate surface area is 134 Å². The van der Waals surface area contributed by atoms with Gasteiger partial charge in [-0.2, -0.15) is 4.31 Å². The van der Waals surface area contributed by atoms with Crippen molar-refractivity contribution < 1.29 is 22.3 Å². The number of sulfonamides is 1. The predicted molar refractivity (Wildman–Crippen MR) is 81.8 cm³/mol. The van der Waals surface area contributed by atoms with Gasteiger partial charge in [-0.25, -0.2) is 12.8 Å². The van der Waals surface area contributed by atoms with Crippen molar-refractivity contribution in [1.82, 2.24) is 4.31 Å². The minimum Gasteiger partial charge on any atom is -0.465 e. The van der Waals surface area contributed by atoms with Crippen molar-refractivity contribution in [2.45, 2.75) is 37.3 Å². The molecule has 0 radical (unpaired) electrons. The van der Waals surface area contributed by atoms with Crippen molar-refractivity contribution in [1.29, 1.82) is 0 Å². The molecule has 0 amide bonds. The van der Waals surface area contributed by atoms with Crippen LogP contribution in [0, 0.1) is 19.7 Å². The van der Waals surface area contributed by atoms with Gasteiger partial charge in [0.2, 0.25) is 10.0 Å². The minimum atomic E-state index is -3.80. The second kappa shape index (κ2) is 5.74. The zero-order chi connectivity index (χ0) is 16.8. The molecular weight excluding hydrogens is 321 g/mol. The Kier molecular flexibility index (Phi) is 4.03. The van der Waals surface area contributed by atoms with Crippen LogP contribution in [0.4, 0.5) is 4.39 Å². The highest BCUT2D eigenvalue weighted by Gasteiger charge is 2.41. The third-order valence-corrected chi connectivity index (χ3v) is 6.05. The van der Waals surface area contributed by atoms with Gasteiger partial charge in [0.15, 0.2) is 0 Å². The summed E-state index contributed by atoms with van der Waals surface area (Å²) in [4.78, 5) is 0.108. The molecule has 23 heavy (non-hydrogen) atoms. The van der Waals surface area contributed by atoms with Crippen molar-refractivity contribution in [2.75, 3.05) is 6.54 Å². The van der Waals surface area contributed by atoms with Gasteiger partial charge >= 0.3 is 0 Å². The topological polar surface area (TPSA) is 70.8 Å². The van der Waals surface area contributed by atoms with E-state index in [9.17, 15) is 17.9 Å². The fourth-order valence-electron chi connectivity index (χ4n) is 3.03. The van der Waals surface area contributed by atoms with Crippen molar-refractivity contribution in [3.05, 3.63) is 53.2 Å². The number of β-amino-alcohol motifs (C(OH)–C–C–N with tert-alkyl or cyclic N) is 1. The van der Waals surface area contributed by atoms with Crippen molar-refractivity contribution in [3.8, 4) is 0 Å². The quantitative estimate of drug-likeness (QED) is 0.933. The Hall–Kier alpha value is -1.70. The van der Waals surface area contributed by atoms with Crippen LogP contribution in [0.2, 0.25) is 0 Å². The number of halogens is 1. The maximum atomic E-state index is 13.1. The van der Waals surface area contributed by atoms with E-state index in [1.807, 2.05) is 0 Å². The molecular formula is C16H18FNO4S. The molecule has 2 aromatic rings. The summed E-state index contributed by atoms with van der Waals surface area (Å²) in [6.07, 6.45) is -0.478. The highest BCUT2D eigenvalue weighted by molar-refractivity contribution is 7.89. The fourth-order valence-corrected chi connectivity index (χ4v) is 4.91. The summed E-state index contributed by atoms with van der Waals surface area (Å²) in [5.74, 6) is 0.448. The van der Waals surface area contributed by atoms with E-state index in [1.165, 1.54) is 22.5 Å². The van der Waals surface area contributed by atoms with Crippen LogP contribution in [0.5, 0.6) is 0 Å². The number of hydrogen-bond acceptors (Lipinski definition) is 4. The van der Waals surface area contributed by atoms with Crippen LogP contribution in [0.15, 0.2) is 39.6 Å². The SMILES string of the molecule is Cc1cc(S(=O)(=O)N2C[C@@H](O)C[C@@H]2c2ccc(F)cc2)c(C)o1. The Bertz CT molecular complexity index is 813. The van der Waals surface area contributed by atoms with Gasteiger partial charge in [0.25, 0.3) is 0 Å². The second-order valence-electron chi connectivity index (χ2n) is 5.81. The average Bonchev–Trinajstić information content (AvgIpc) is 3.03. The molecule has 0 saturated carbocycles. The first-order valence-corrected chi connectivity index (χ1v) is 8.75. The summed E-state index contributed by atoms with van der Waals surface area (Å²) < 4.78 is 45.6. The van der Waals surface area contributed by atoms with Crippen molar-refractivity contribution in [2.24, 2.45) is 0 Å². The third kappa shape index (κ3) is 2.91. The largest absolute Gasteiger partial charge is 0.465 e. The Morgan fingerprint density at radius 2 is 1.91 bits per heavy atom.